The van der Waals surface area contributed by atoms with Gasteiger partial charge in [-0.25, -0.2) is 9.59 Å². The molecule has 0 aromatic heterocycles. The van der Waals surface area contributed by atoms with Gasteiger partial charge >= 0.3 is 24.2 Å². The fourth-order valence-electron chi connectivity index (χ4n) is 5.35. The van der Waals surface area contributed by atoms with Crippen molar-refractivity contribution < 1.29 is 56.2 Å². The molecule has 14 heteroatoms. The molecule has 3 heterocycles. The van der Waals surface area contributed by atoms with Crippen LogP contribution in [0.15, 0.2) is 41.4 Å². The molecule has 0 spiro atoms. The fraction of sp³-hybridized carbons (Fsp3) is 0.455. The van der Waals surface area contributed by atoms with Crippen molar-refractivity contribution in [3.05, 3.63) is 58.7 Å². The SMILES string of the molecule is CC1=Nc2cccc(C(=O)O)c2C1(C)C.CCCC[N+]1=C(C)C(C)(C)c2c(C(=O)O)cccc21.O=C=O.O=C=O.O=S1(=O)CCCO1. The number of fused-ring (bicyclic) bond motifs is 2. The van der Waals surface area contributed by atoms with Gasteiger partial charge in [0.2, 0.25) is 5.69 Å². The summed E-state index contributed by atoms with van der Waals surface area (Å²) in [7, 11) is -3.05. The monoisotopic (exact) mass is 673 g/mol. The van der Waals surface area contributed by atoms with Crippen molar-refractivity contribution in [2.75, 3.05) is 18.9 Å². The Bertz CT molecular complexity index is 1690. The Morgan fingerprint density at radius 1 is 0.894 bits per heavy atom. The first-order valence-corrected chi connectivity index (χ1v) is 16.2. The third-order valence-electron chi connectivity index (χ3n) is 8.13. The van der Waals surface area contributed by atoms with Crippen molar-refractivity contribution in [2.24, 2.45) is 4.99 Å². The summed E-state index contributed by atoms with van der Waals surface area (Å²) >= 11 is 0. The predicted molar refractivity (Wildman–Crippen MR) is 170 cm³/mol. The zero-order chi connectivity index (χ0) is 36.2. The van der Waals surface area contributed by atoms with Gasteiger partial charge in [-0.2, -0.15) is 32.2 Å². The summed E-state index contributed by atoms with van der Waals surface area (Å²) < 4.78 is 27.0. The van der Waals surface area contributed by atoms with Crippen LogP contribution in [-0.4, -0.2) is 77.8 Å². The van der Waals surface area contributed by atoms with Crippen molar-refractivity contribution in [3.8, 4) is 0 Å². The van der Waals surface area contributed by atoms with Gasteiger partial charge in [0, 0.05) is 36.1 Å². The van der Waals surface area contributed by atoms with E-state index in [0.29, 0.717) is 24.2 Å². The molecule has 0 unspecified atom stereocenters. The summed E-state index contributed by atoms with van der Waals surface area (Å²) in [5.41, 5.74) is 6.15. The Morgan fingerprint density at radius 3 is 1.83 bits per heavy atom. The first-order valence-electron chi connectivity index (χ1n) is 14.7. The predicted octanol–water partition coefficient (Wildman–Crippen LogP) is 4.92. The highest BCUT2D eigenvalue weighted by Gasteiger charge is 2.45. The lowest BCUT2D eigenvalue weighted by molar-refractivity contribution is -0.439. The minimum Gasteiger partial charge on any atom is -0.478 e. The zero-order valence-corrected chi connectivity index (χ0v) is 28.4. The van der Waals surface area contributed by atoms with Gasteiger partial charge in [0.25, 0.3) is 10.1 Å². The number of aromatic carboxylic acids is 2. The smallest absolute Gasteiger partial charge is 0.373 e. The molecule has 1 saturated heterocycles. The summed E-state index contributed by atoms with van der Waals surface area (Å²) in [6.45, 7) is 15.8. The number of hydrogen-bond donors (Lipinski definition) is 2. The van der Waals surface area contributed by atoms with Crippen LogP contribution in [0.3, 0.4) is 0 Å². The van der Waals surface area contributed by atoms with Gasteiger partial charge in [0.1, 0.15) is 6.54 Å². The van der Waals surface area contributed by atoms with E-state index in [9.17, 15) is 23.1 Å². The standard InChI is InChI=1S/C16H21NO2.C12H13NO2.C3H6O3S.2CO2/c1-5-6-10-17-11(2)16(3,4)14-12(15(18)19)8-7-9-13(14)17;1-7-12(2,3)10-8(11(14)15)5-4-6-9(10)13-7;4-7(5)3-1-2-6-7;2*2-1-3/h7-9H,5-6,10H2,1-4H3;4-6H,1-3H3,(H,14,15);1-3H2;;/p+1. The van der Waals surface area contributed by atoms with Crippen LogP contribution in [0.25, 0.3) is 0 Å². The number of rotatable bonds is 5. The molecule has 1 fully saturated rings. The molecule has 47 heavy (non-hydrogen) atoms. The molecular formula is C33H41N2O11S+. The number of hydrogen-bond acceptors (Lipinski definition) is 10. The third kappa shape index (κ3) is 9.94. The van der Waals surface area contributed by atoms with Gasteiger partial charge in [-0.05, 0) is 45.4 Å². The molecule has 0 aliphatic carbocycles. The molecule has 0 radical (unpaired) electrons. The molecule has 13 nitrogen and oxygen atoms in total. The largest absolute Gasteiger partial charge is 0.478 e. The van der Waals surface area contributed by atoms with Gasteiger partial charge in [-0.3, -0.25) is 9.18 Å². The lowest BCUT2D eigenvalue weighted by Gasteiger charge is -2.21. The first-order chi connectivity index (χ1) is 21.9. The number of aliphatic imine (C=N–C) groups is 1. The van der Waals surface area contributed by atoms with Crippen LogP contribution in [-0.2, 0) is 44.3 Å². The summed E-state index contributed by atoms with van der Waals surface area (Å²) in [6, 6.07) is 10.8. The van der Waals surface area contributed by atoms with E-state index < -0.39 is 22.1 Å². The average Bonchev–Trinajstić information content (AvgIpc) is 3.57. The maximum absolute atomic E-state index is 11.4. The minimum absolute atomic E-state index is 0.201. The van der Waals surface area contributed by atoms with E-state index in [0.717, 1.165) is 47.6 Å². The van der Waals surface area contributed by atoms with Crippen LogP contribution in [0.4, 0.5) is 11.4 Å². The average molecular weight is 674 g/mol. The van der Waals surface area contributed by atoms with E-state index >= 15 is 0 Å². The van der Waals surface area contributed by atoms with Crippen LogP contribution in [0.5, 0.6) is 0 Å². The second kappa shape index (κ2) is 17.3. The van der Waals surface area contributed by atoms with Crippen molar-refractivity contribution in [2.45, 2.75) is 78.6 Å². The molecule has 5 rings (SSSR count). The topological polar surface area (TPSA) is 202 Å². The van der Waals surface area contributed by atoms with Gasteiger partial charge in [-0.1, -0.05) is 39.3 Å². The van der Waals surface area contributed by atoms with Crippen molar-refractivity contribution in [1.82, 2.24) is 0 Å². The molecule has 0 atom stereocenters. The van der Waals surface area contributed by atoms with E-state index in [-0.39, 0.29) is 28.9 Å². The molecular weight excluding hydrogens is 632 g/mol. The number of nitrogens with zero attached hydrogens (tertiary/aromatic N) is 2. The van der Waals surface area contributed by atoms with Crippen molar-refractivity contribution in [1.29, 1.82) is 0 Å². The van der Waals surface area contributed by atoms with Crippen molar-refractivity contribution in [3.63, 3.8) is 0 Å². The van der Waals surface area contributed by atoms with Gasteiger partial charge in [0.05, 0.1) is 40.2 Å². The molecule has 0 amide bonds. The number of carboxylic acids is 2. The van der Waals surface area contributed by atoms with Crippen LogP contribution in [0, 0.1) is 0 Å². The third-order valence-corrected chi connectivity index (χ3v) is 9.44. The maximum atomic E-state index is 11.4. The van der Waals surface area contributed by atoms with Crippen LogP contribution >= 0.6 is 0 Å². The van der Waals surface area contributed by atoms with Crippen molar-refractivity contribution >= 4 is 57.2 Å². The minimum atomic E-state index is -3.05. The lowest BCUT2D eigenvalue weighted by atomic mass is 9.79. The number of benzene rings is 2. The van der Waals surface area contributed by atoms with E-state index in [1.807, 2.05) is 39.0 Å². The molecule has 2 N–H and O–H groups in total. The molecule has 0 bridgehead atoms. The van der Waals surface area contributed by atoms with Crippen LogP contribution in [0.1, 0.15) is 99.6 Å². The molecule has 0 saturated carbocycles. The second-order valence-corrected chi connectivity index (χ2v) is 13.4. The first kappa shape index (κ1) is 40.4. The van der Waals surface area contributed by atoms with Gasteiger partial charge < -0.3 is 10.2 Å². The van der Waals surface area contributed by atoms with E-state index in [1.165, 1.54) is 5.71 Å². The molecule has 3 aliphatic heterocycles. The lowest BCUT2D eigenvalue weighted by Crippen LogP contribution is -2.28. The molecule has 3 aliphatic rings. The Hall–Kier alpha value is -4.61. The van der Waals surface area contributed by atoms with Crippen LogP contribution in [0.2, 0.25) is 0 Å². The summed E-state index contributed by atoms with van der Waals surface area (Å²) in [5, 5.41) is 18.5. The summed E-state index contributed by atoms with van der Waals surface area (Å²) in [5.74, 6) is -1.52. The van der Waals surface area contributed by atoms with E-state index in [1.54, 1.807) is 18.2 Å². The second-order valence-electron chi connectivity index (χ2n) is 11.7. The quantitative estimate of drug-likeness (QED) is 0.322. The van der Waals surface area contributed by atoms with E-state index in [2.05, 4.69) is 41.4 Å². The Morgan fingerprint density at radius 2 is 1.40 bits per heavy atom. The maximum Gasteiger partial charge on any atom is 0.373 e. The van der Waals surface area contributed by atoms with Gasteiger partial charge in [-0.15, -0.1) is 0 Å². The van der Waals surface area contributed by atoms with Gasteiger partial charge in [0.15, 0.2) is 5.71 Å². The highest BCUT2D eigenvalue weighted by molar-refractivity contribution is 7.86. The highest BCUT2D eigenvalue weighted by Crippen LogP contribution is 2.42. The van der Waals surface area contributed by atoms with Crippen LogP contribution < -0.4 is 0 Å². The Labute approximate surface area is 274 Å². The Kier molecular flexibility index (Phi) is 14.9. The number of carboxylic acid groups (broad SMARTS) is 2. The Balaban J connectivity index is 0.000000348. The highest BCUT2D eigenvalue weighted by atomic mass is 32.2. The summed E-state index contributed by atoms with van der Waals surface area (Å²) in [4.78, 5) is 59.5. The number of carbonyl (C=O) groups is 2. The molecule has 2 aromatic carbocycles. The number of carbonyl (C=O) groups excluding carboxylic acids is 4. The zero-order valence-electron chi connectivity index (χ0n) is 27.6. The molecule has 2 aromatic rings. The normalized spacial score (nSPS) is 16.7. The fourth-order valence-corrected chi connectivity index (χ4v) is 6.31. The van der Waals surface area contributed by atoms with E-state index in [4.69, 9.17) is 24.3 Å². The number of unbranched alkanes of at least 4 members (excludes halogenated alkanes) is 1. The molecule has 254 valence electrons. The summed E-state index contributed by atoms with van der Waals surface area (Å²) in [6.07, 6.45) is 3.41.